The molecule has 1 aromatic rings. The maximum Gasteiger partial charge on any atom is 0.490 e. The van der Waals surface area contributed by atoms with Crippen molar-refractivity contribution in [1.29, 1.82) is 0 Å². The molecule has 14 heteroatoms. The number of halogens is 6. The third-order valence-corrected chi connectivity index (χ3v) is 7.07. The summed E-state index contributed by atoms with van der Waals surface area (Å²) in [6.07, 6.45) is -3.99. The molecule has 1 aliphatic carbocycles. The average Bonchev–Trinajstić information content (AvgIpc) is 3.46. The minimum atomic E-state index is -5.08. The van der Waals surface area contributed by atoms with E-state index in [1.54, 1.807) is 11.1 Å². The third-order valence-electron chi connectivity index (χ3n) is 7.07. The quantitative estimate of drug-likeness (QED) is 0.533. The number of alkyl halides is 6. The summed E-state index contributed by atoms with van der Waals surface area (Å²) in [5.41, 5.74) is 3.43. The summed E-state index contributed by atoms with van der Waals surface area (Å²) in [5, 5.41) is 14.2. The maximum absolute atomic E-state index is 12.4. The van der Waals surface area contributed by atoms with Crippen LogP contribution in [-0.4, -0.2) is 102 Å². The molecule has 39 heavy (non-hydrogen) atoms. The molecule has 1 spiro atoms. The second-order valence-electron chi connectivity index (χ2n) is 10.1. The van der Waals surface area contributed by atoms with Crippen LogP contribution in [-0.2, 0) is 19.8 Å². The molecule has 1 unspecified atom stereocenters. The van der Waals surface area contributed by atoms with Gasteiger partial charge >= 0.3 is 24.3 Å². The lowest BCUT2D eigenvalue weighted by Crippen LogP contribution is -2.47. The van der Waals surface area contributed by atoms with Gasteiger partial charge in [-0.15, -0.1) is 0 Å². The van der Waals surface area contributed by atoms with Crippen LogP contribution in [0.3, 0.4) is 0 Å². The first-order valence-electron chi connectivity index (χ1n) is 12.3. The molecule has 2 heterocycles. The summed E-state index contributed by atoms with van der Waals surface area (Å²) in [6, 6.07) is 9.73. The molecule has 2 N–H and O–H groups in total. The lowest BCUT2D eigenvalue weighted by molar-refractivity contribution is -0.193. The van der Waals surface area contributed by atoms with E-state index < -0.39 is 24.3 Å². The van der Waals surface area contributed by atoms with E-state index in [0.717, 1.165) is 25.9 Å². The first kappa shape index (κ1) is 32.3. The van der Waals surface area contributed by atoms with Gasteiger partial charge < -0.3 is 20.0 Å². The molecule has 0 radical (unpaired) electrons. The fourth-order valence-corrected chi connectivity index (χ4v) is 5.27. The van der Waals surface area contributed by atoms with Crippen molar-refractivity contribution in [1.82, 2.24) is 14.7 Å². The molecule has 8 nitrogen and oxygen atoms in total. The predicted molar refractivity (Wildman–Crippen MR) is 128 cm³/mol. The van der Waals surface area contributed by atoms with Gasteiger partial charge in [0.05, 0.1) is 6.54 Å². The highest BCUT2D eigenvalue weighted by molar-refractivity contribution is 5.78. The van der Waals surface area contributed by atoms with Crippen LogP contribution >= 0.6 is 0 Å². The molecule has 0 aromatic heterocycles. The number of hydrogen-bond acceptors (Lipinski definition) is 5. The van der Waals surface area contributed by atoms with Gasteiger partial charge in [-0.1, -0.05) is 24.3 Å². The maximum atomic E-state index is 12.4. The van der Waals surface area contributed by atoms with E-state index in [9.17, 15) is 31.1 Å². The van der Waals surface area contributed by atoms with Crippen molar-refractivity contribution < 1.29 is 50.9 Å². The molecular formula is C25H33F6N3O5. The second-order valence-corrected chi connectivity index (χ2v) is 10.1. The Kier molecular flexibility index (Phi) is 10.8. The molecule has 2 saturated heterocycles. The van der Waals surface area contributed by atoms with Gasteiger partial charge in [0.15, 0.2) is 0 Å². The zero-order chi connectivity index (χ0) is 29.6. The molecule has 0 saturated carbocycles. The van der Waals surface area contributed by atoms with E-state index >= 15 is 0 Å². The average molecular weight is 570 g/mol. The SMILES string of the molecule is CN(C)CC(=O)N1CCC2(CC1)CC(N1CCCC1)c1ccccc12.O=C(O)C(F)(F)F.O=C(O)C(F)(F)F. The molecule has 220 valence electrons. The van der Waals surface area contributed by atoms with Crippen LogP contribution in [0.2, 0.25) is 0 Å². The predicted octanol–water partition coefficient (Wildman–Crippen LogP) is 3.92. The van der Waals surface area contributed by atoms with Crippen molar-refractivity contribution in [3.63, 3.8) is 0 Å². The summed E-state index contributed by atoms with van der Waals surface area (Å²) < 4.78 is 63.5. The number of fused-ring (bicyclic) bond motifs is 2. The lowest BCUT2D eigenvalue weighted by Gasteiger charge is -2.41. The van der Waals surface area contributed by atoms with Gasteiger partial charge in [0, 0.05) is 24.5 Å². The minimum absolute atomic E-state index is 0.280. The van der Waals surface area contributed by atoms with E-state index in [4.69, 9.17) is 19.8 Å². The Hall–Kier alpha value is -2.87. The molecule has 3 aliphatic rings. The van der Waals surface area contributed by atoms with Gasteiger partial charge in [-0.3, -0.25) is 9.69 Å². The number of carbonyl (C=O) groups is 3. The van der Waals surface area contributed by atoms with Crippen molar-refractivity contribution in [2.75, 3.05) is 46.8 Å². The van der Waals surface area contributed by atoms with Crippen molar-refractivity contribution >= 4 is 17.8 Å². The Bertz CT molecular complexity index is 977. The van der Waals surface area contributed by atoms with Crippen molar-refractivity contribution in [2.45, 2.75) is 55.9 Å². The fraction of sp³-hybridized carbons (Fsp3) is 0.640. The highest BCUT2D eigenvalue weighted by atomic mass is 19.4. The van der Waals surface area contributed by atoms with Crippen LogP contribution < -0.4 is 0 Å². The Labute approximate surface area is 222 Å². The third kappa shape index (κ3) is 8.82. The number of amides is 1. The van der Waals surface area contributed by atoms with Gasteiger partial charge in [0.25, 0.3) is 0 Å². The second kappa shape index (κ2) is 13.0. The number of nitrogens with zero attached hydrogens (tertiary/aromatic N) is 3. The largest absolute Gasteiger partial charge is 0.490 e. The highest BCUT2D eigenvalue weighted by Crippen LogP contribution is 2.53. The van der Waals surface area contributed by atoms with Gasteiger partial charge in [-0.25, -0.2) is 9.59 Å². The first-order valence-corrected chi connectivity index (χ1v) is 12.3. The van der Waals surface area contributed by atoms with Crippen LogP contribution in [0.4, 0.5) is 26.3 Å². The monoisotopic (exact) mass is 569 g/mol. The Morgan fingerprint density at radius 3 is 1.79 bits per heavy atom. The number of hydrogen-bond donors (Lipinski definition) is 2. The first-order chi connectivity index (χ1) is 18.0. The molecule has 2 fully saturated rings. The van der Waals surface area contributed by atoms with Gasteiger partial charge in [-0.2, -0.15) is 26.3 Å². The summed E-state index contributed by atoms with van der Waals surface area (Å²) in [7, 11) is 3.94. The van der Waals surface area contributed by atoms with Crippen LogP contribution in [0.15, 0.2) is 24.3 Å². The number of likely N-dealkylation sites (N-methyl/N-ethyl adjacent to an activating group) is 1. The number of carbonyl (C=O) groups excluding carboxylic acids is 1. The Morgan fingerprint density at radius 1 is 0.897 bits per heavy atom. The topological polar surface area (TPSA) is 101 Å². The van der Waals surface area contributed by atoms with Crippen molar-refractivity contribution in [2.24, 2.45) is 0 Å². The van der Waals surface area contributed by atoms with E-state index in [0.29, 0.717) is 18.0 Å². The summed E-state index contributed by atoms with van der Waals surface area (Å²) >= 11 is 0. The van der Waals surface area contributed by atoms with Gasteiger partial charge in [0.1, 0.15) is 0 Å². The fourth-order valence-electron chi connectivity index (χ4n) is 5.27. The normalized spacial score (nSPS) is 20.5. The molecular weight excluding hydrogens is 536 g/mol. The number of piperidine rings is 1. The summed E-state index contributed by atoms with van der Waals surface area (Å²) in [6.45, 7) is 4.85. The van der Waals surface area contributed by atoms with Crippen LogP contribution in [0.25, 0.3) is 0 Å². The molecule has 0 bridgehead atoms. The van der Waals surface area contributed by atoms with Gasteiger partial charge in [-0.05, 0) is 70.4 Å². The van der Waals surface area contributed by atoms with Crippen molar-refractivity contribution in [3.8, 4) is 0 Å². The summed E-state index contributed by atoms with van der Waals surface area (Å²) in [4.78, 5) is 37.0. The number of carboxylic acid groups (broad SMARTS) is 2. The Morgan fingerprint density at radius 2 is 1.36 bits per heavy atom. The van der Waals surface area contributed by atoms with E-state index in [-0.39, 0.29) is 5.91 Å². The molecule has 2 aliphatic heterocycles. The molecule has 1 atom stereocenters. The van der Waals surface area contributed by atoms with E-state index in [2.05, 4.69) is 34.1 Å². The molecule has 4 rings (SSSR count). The number of rotatable bonds is 3. The zero-order valence-corrected chi connectivity index (χ0v) is 21.7. The number of benzene rings is 1. The summed E-state index contributed by atoms with van der Waals surface area (Å²) in [5.74, 6) is -5.23. The van der Waals surface area contributed by atoms with Gasteiger partial charge in [0.2, 0.25) is 5.91 Å². The Balaban J connectivity index is 0.000000317. The van der Waals surface area contributed by atoms with Crippen LogP contribution in [0.1, 0.15) is 49.3 Å². The number of likely N-dealkylation sites (tertiary alicyclic amines) is 2. The number of carboxylic acids is 2. The van der Waals surface area contributed by atoms with E-state index in [1.807, 2.05) is 19.0 Å². The standard InChI is InChI=1S/C21H31N3O.2C2HF3O2/c1-22(2)16-20(25)24-13-9-21(10-14-24)15-19(23-11-5-6-12-23)17-7-3-4-8-18(17)21;2*3-2(4,5)1(6)7/h3-4,7-8,19H,5-6,9-16H2,1-2H3;2*(H,6,7). The molecule has 1 aromatic carbocycles. The lowest BCUT2D eigenvalue weighted by atomic mass is 9.73. The smallest absolute Gasteiger partial charge is 0.475 e. The van der Waals surface area contributed by atoms with E-state index in [1.165, 1.54) is 32.4 Å². The zero-order valence-electron chi connectivity index (χ0n) is 21.7. The van der Waals surface area contributed by atoms with Crippen molar-refractivity contribution in [3.05, 3.63) is 35.4 Å². The van der Waals surface area contributed by atoms with Crippen LogP contribution in [0.5, 0.6) is 0 Å². The highest BCUT2D eigenvalue weighted by Gasteiger charge is 2.47. The molecule has 1 amide bonds. The number of aliphatic carboxylic acids is 2. The van der Waals surface area contributed by atoms with Crippen LogP contribution in [0, 0.1) is 0 Å². The minimum Gasteiger partial charge on any atom is -0.475 e.